The third kappa shape index (κ3) is 3.61. The predicted octanol–water partition coefficient (Wildman–Crippen LogP) is 4.56. The summed E-state index contributed by atoms with van der Waals surface area (Å²) >= 11 is 0. The lowest BCUT2D eigenvalue weighted by molar-refractivity contribution is 0.387. The van der Waals surface area contributed by atoms with Gasteiger partial charge in [0.1, 0.15) is 0 Å². The zero-order valence-electron chi connectivity index (χ0n) is 12.8. The Hall–Kier alpha value is -1.87. The monoisotopic (exact) mass is 287 g/mol. The van der Waals surface area contributed by atoms with Gasteiger partial charge < -0.3 is 10.1 Å². The molecular weight excluding hydrogens is 265 g/mol. The molecular formula is C18H22FNO. The smallest absolute Gasteiger partial charge is 0.172 e. The van der Waals surface area contributed by atoms with E-state index in [1.54, 1.807) is 12.1 Å². The molecule has 0 bridgehead atoms. The number of benzene rings is 2. The highest BCUT2D eigenvalue weighted by molar-refractivity contribution is 5.66. The van der Waals surface area contributed by atoms with E-state index in [4.69, 9.17) is 4.74 Å². The highest BCUT2D eigenvalue weighted by Gasteiger charge is 2.12. The summed E-state index contributed by atoms with van der Waals surface area (Å²) in [6.07, 6.45) is 1.09. The van der Waals surface area contributed by atoms with Crippen LogP contribution in [0.25, 0.3) is 11.1 Å². The van der Waals surface area contributed by atoms with Crippen LogP contribution < -0.4 is 10.1 Å². The van der Waals surface area contributed by atoms with Crippen LogP contribution in [0, 0.1) is 5.82 Å². The number of hydrogen-bond acceptors (Lipinski definition) is 2. The number of methoxy groups -OCH3 is 1. The second-order valence-electron chi connectivity index (χ2n) is 5.12. The van der Waals surface area contributed by atoms with Crippen molar-refractivity contribution in [1.29, 1.82) is 0 Å². The minimum absolute atomic E-state index is 0.249. The van der Waals surface area contributed by atoms with Gasteiger partial charge in [-0.15, -0.1) is 0 Å². The Bertz CT molecular complexity index is 598. The molecule has 2 nitrogen and oxygen atoms in total. The lowest BCUT2D eigenvalue weighted by Crippen LogP contribution is -2.19. The Balaban J connectivity index is 2.33. The first-order valence-corrected chi connectivity index (χ1v) is 7.33. The lowest BCUT2D eigenvalue weighted by atomic mass is 9.99. The van der Waals surface area contributed by atoms with Crippen LogP contribution in [0.5, 0.6) is 5.75 Å². The van der Waals surface area contributed by atoms with E-state index < -0.39 is 0 Å². The molecule has 3 heteroatoms. The number of nitrogens with one attached hydrogen (secondary N) is 1. The fraction of sp³-hybridized carbons (Fsp3) is 0.333. The average Bonchev–Trinajstić information content (AvgIpc) is 2.53. The molecule has 1 unspecified atom stereocenters. The van der Waals surface area contributed by atoms with Crippen LogP contribution in [0.3, 0.4) is 0 Å². The van der Waals surface area contributed by atoms with E-state index >= 15 is 0 Å². The summed E-state index contributed by atoms with van der Waals surface area (Å²) in [4.78, 5) is 0. The number of ether oxygens (including phenoxy) is 1. The molecule has 0 aliphatic carbocycles. The van der Waals surface area contributed by atoms with Crippen LogP contribution in [0.2, 0.25) is 0 Å². The van der Waals surface area contributed by atoms with Gasteiger partial charge in [-0.25, -0.2) is 4.39 Å². The Morgan fingerprint density at radius 2 is 1.95 bits per heavy atom. The molecule has 1 atom stereocenters. The third-order valence-electron chi connectivity index (χ3n) is 3.58. The van der Waals surface area contributed by atoms with Gasteiger partial charge in [0.05, 0.1) is 7.11 Å². The predicted molar refractivity (Wildman–Crippen MR) is 85.1 cm³/mol. The highest BCUT2D eigenvalue weighted by atomic mass is 19.1. The van der Waals surface area contributed by atoms with E-state index in [0.717, 1.165) is 24.1 Å². The molecule has 112 valence electrons. The fourth-order valence-electron chi connectivity index (χ4n) is 2.35. The summed E-state index contributed by atoms with van der Waals surface area (Å²) < 4.78 is 19.4. The minimum Gasteiger partial charge on any atom is -0.494 e. The number of rotatable bonds is 6. The maximum absolute atomic E-state index is 14.4. The first kappa shape index (κ1) is 15.5. The molecule has 0 spiro atoms. The summed E-state index contributed by atoms with van der Waals surface area (Å²) in [5.74, 6) is -0.0404. The van der Waals surface area contributed by atoms with Gasteiger partial charge >= 0.3 is 0 Å². The normalized spacial score (nSPS) is 12.2. The van der Waals surface area contributed by atoms with Crippen LogP contribution in [-0.4, -0.2) is 13.7 Å². The molecule has 0 saturated heterocycles. The van der Waals surface area contributed by atoms with Crippen LogP contribution in [0.4, 0.5) is 4.39 Å². The molecule has 0 aromatic heterocycles. The van der Waals surface area contributed by atoms with Gasteiger partial charge in [-0.2, -0.15) is 0 Å². The van der Waals surface area contributed by atoms with Crippen molar-refractivity contribution >= 4 is 0 Å². The van der Waals surface area contributed by atoms with E-state index in [9.17, 15) is 4.39 Å². The molecule has 0 radical (unpaired) electrons. The van der Waals surface area contributed by atoms with Gasteiger partial charge in [-0.3, -0.25) is 0 Å². The largest absolute Gasteiger partial charge is 0.494 e. The van der Waals surface area contributed by atoms with Crippen molar-refractivity contribution in [2.24, 2.45) is 0 Å². The van der Waals surface area contributed by atoms with Gasteiger partial charge in [0.15, 0.2) is 11.6 Å². The Morgan fingerprint density at radius 1 is 1.19 bits per heavy atom. The maximum Gasteiger partial charge on any atom is 0.172 e. The van der Waals surface area contributed by atoms with Crippen molar-refractivity contribution < 1.29 is 9.13 Å². The van der Waals surface area contributed by atoms with Crippen LogP contribution in [0.15, 0.2) is 42.5 Å². The summed E-state index contributed by atoms with van der Waals surface area (Å²) in [7, 11) is 1.48. The quantitative estimate of drug-likeness (QED) is 0.840. The van der Waals surface area contributed by atoms with Crippen molar-refractivity contribution in [3.05, 3.63) is 53.8 Å². The summed E-state index contributed by atoms with van der Waals surface area (Å²) in [6.45, 7) is 5.23. The van der Waals surface area contributed by atoms with E-state index in [0.29, 0.717) is 5.56 Å². The molecule has 0 amide bonds. The maximum atomic E-state index is 14.4. The molecule has 21 heavy (non-hydrogen) atoms. The van der Waals surface area contributed by atoms with Gasteiger partial charge in [0, 0.05) is 11.6 Å². The summed E-state index contributed by atoms with van der Waals surface area (Å²) in [6, 6.07) is 13.5. The van der Waals surface area contributed by atoms with Crippen molar-refractivity contribution in [3.63, 3.8) is 0 Å². The van der Waals surface area contributed by atoms with Gasteiger partial charge in [-0.1, -0.05) is 37.3 Å². The molecule has 0 heterocycles. The lowest BCUT2D eigenvalue weighted by Gasteiger charge is -2.15. The van der Waals surface area contributed by atoms with Crippen molar-refractivity contribution in [1.82, 2.24) is 5.32 Å². The van der Waals surface area contributed by atoms with E-state index in [-0.39, 0.29) is 17.6 Å². The van der Waals surface area contributed by atoms with Gasteiger partial charge in [0.25, 0.3) is 0 Å². The van der Waals surface area contributed by atoms with Crippen molar-refractivity contribution in [3.8, 4) is 16.9 Å². The zero-order chi connectivity index (χ0) is 15.2. The molecule has 0 aliphatic rings. The second kappa shape index (κ2) is 7.23. The van der Waals surface area contributed by atoms with Gasteiger partial charge in [0.2, 0.25) is 0 Å². The van der Waals surface area contributed by atoms with E-state index in [2.05, 4.69) is 25.2 Å². The Labute approximate surface area is 126 Å². The standard InChI is InChI=1S/C18H22FNO/c1-4-11-20-13(2)14-7-5-8-15(12-14)16-9-6-10-17(21-3)18(16)19/h5-10,12-13,20H,4,11H2,1-3H3. The average molecular weight is 287 g/mol. The van der Waals surface area contributed by atoms with Crippen molar-refractivity contribution in [2.45, 2.75) is 26.3 Å². The molecule has 1 N–H and O–H groups in total. The third-order valence-corrected chi connectivity index (χ3v) is 3.58. The topological polar surface area (TPSA) is 21.3 Å². The van der Waals surface area contributed by atoms with Crippen molar-refractivity contribution in [2.75, 3.05) is 13.7 Å². The molecule has 0 saturated carbocycles. The molecule has 2 rings (SSSR count). The molecule has 0 aliphatic heterocycles. The molecule has 0 fully saturated rings. The first-order valence-electron chi connectivity index (χ1n) is 7.33. The Kier molecular flexibility index (Phi) is 5.34. The van der Waals surface area contributed by atoms with E-state index in [1.165, 1.54) is 7.11 Å². The first-order chi connectivity index (χ1) is 10.2. The second-order valence-corrected chi connectivity index (χ2v) is 5.12. The zero-order valence-corrected chi connectivity index (χ0v) is 12.8. The fourth-order valence-corrected chi connectivity index (χ4v) is 2.35. The summed E-state index contributed by atoms with van der Waals surface area (Å²) in [5.41, 5.74) is 2.59. The minimum atomic E-state index is -0.314. The molecule has 2 aromatic rings. The van der Waals surface area contributed by atoms with Crippen LogP contribution >= 0.6 is 0 Å². The number of hydrogen-bond donors (Lipinski definition) is 1. The van der Waals surface area contributed by atoms with Crippen LogP contribution in [-0.2, 0) is 0 Å². The highest BCUT2D eigenvalue weighted by Crippen LogP contribution is 2.30. The number of halogens is 1. The molecule has 2 aromatic carbocycles. The van der Waals surface area contributed by atoms with Gasteiger partial charge in [-0.05, 0) is 43.1 Å². The summed E-state index contributed by atoms with van der Waals surface area (Å²) in [5, 5.41) is 3.45. The van der Waals surface area contributed by atoms with E-state index in [1.807, 2.05) is 24.3 Å². The Morgan fingerprint density at radius 3 is 2.67 bits per heavy atom. The SMILES string of the molecule is CCCNC(C)c1cccc(-c2cccc(OC)c2F)c1. The van der Waals surface area contributed by atoms with Crippen LogP contribution in [0.1, 0.15) is 31.9 Å².